The Morgan fingerprint density at radius 3 is 2.41 bits per heavy atom. The molecular weight excluding hydrogens is 342 g/mol. The molecule has 0 radical (unpaired) electrons. The highest BCUT2D eigenvalue weighted by atomic mass is 16.2. The zero-order valence-corrected chi connectivity index (χ0v) is 16.1. The lowest BCUT2D eigenvalue weighted by Gasteiger charge is -2.31. The minimum Gasteiger partial charge on any atom is -0.356 e. The summed E-state index contributed by atoms with van der Waals surface area (Å²) >= 11 is 0. The van der Waals surface area contributed by atoms with Gasteiger partial charge in [-0.2, -0.15) is 0 Å². The fraction of sp³-hybridized carbons (Fsp3) is 0.571. The number of benzene rings is 1. The van der Waals surface area contributed by atoms with E-state index < -0.39 is 0 Å². The van der Waals surface area contributed by atoms with E-state index in [2.05, 4.69) is 5.32 Å². The first kappa shape index (κ1) is 19.4. The van der Waals surface area contributed by atoms with E-state index in [1.54, 1.807) is 17.0 Å². The summed E-state index contributed by atoms with van der Waals surface area (Å²) in [5, 5.41) is 2.94. The number of carbonyl (C=O) groups excluding carboxylic acids is 3. The van der Waals surface area contributed by atoms with Crippen LogP contribution in [0.2, 0.25) is 0 Å². The summed E-state index contributed by atoms with van der Waals surface area (Å²) in [6.07, 6.45) is 4.93. The topological polar surface area (TPSA) is 69.7 Å². The Hall–Kier alpha value is -2.37. The Bertz CT molecular complexity index is 678. The van der Waals surface area contributed by atoms with E-state index in [1.807, 2.05) is 24.0 Å². The van der Waals surface area contributed by atoms with Gasteiger partial charge in [0.05, 0.1) is 0 Å². The lowest BCUT2D eigenvalue weighted by molar-refractivity contribution is -0.126. The maximum absolute atomic E-state index is 12.7. The van der Waals surface area contributed by atoms with Gasteiger partial charge in [-0.15, -0.1) is 0 Å². The first-order chi connectivity index (χ1) is 13.1. The van der Waals surface area contributed by atoms with Crippen molar-refractivity contribution >= 4 is 23.4 Å². The van der Waals surface area contributed by atoms with Crippen molar-refractivity contribution in [1.29, 1.82) is 0 Å². The monoisotopic (exact) mass is 371 g/mol. The lowest BCUT2D eigenvalue weighted by Crippen LogP contribution is -2.43. The molecule has 2 saturated heterocycles. The van der Waals surface area contributed by atoms with E-state index in [0.29, 0.717) is 44.5 Å². The van der Waals surface area contributed by atoms with E-state index in [0.717, 1.165) is 31.5 Å². The molecular formula is C21H29N3O3. The van der Waals surface area contributed by atoms with Gasteiger partial charge in [0, 0.05) is 49.8 Å². The summed E-state index contributed by atoms with van der Waals surface area (Å²) < 4.78 is 0. The van der Waals surface area contributed by atoms with Crippen molar-refractivity contribution in [2.75, 3.05) is 31.1 Å². The largest absolute Gasteiger partial charge is 0.356 e. The maximum atomic E-state index is 12.7. The fourth-order valence-electron chi connectivity index (χ4n) is 3.78. The third kappa shape index (κ3) is 4.67. The van der Waals surface area contributed by atoms with Crippen LogP contribution < -0.4 is 10.2 Å². The van der Waals surface area contributed by atoms with Crippen LogP contribution in [0.15, 0.2) is 24.3 Å². The predicted molar refractivity (Wildman–Crippen MR) is 105 cm³/mol. The molecule has 2 fully saturated rings. The van der Waals surface area contributed by atoms with Gasteiger partial charge in [-0.05, 0) is 56.4 Å². The van der Waals surface area contributed by atoms with Gasteiger partial charge in [0.1, 0.15) is 0 Å². The molecule has 1 N–H and O–H groups in total. The molecule has 2 aliphatic rings. The molecule has 0 aromatic heterocycles. The molecule has 1 aromatic rings. The molecule has 1 aromatic carbocycles. The van der Waals surface area contributed by atoms with E-state index in [9.17, 15) is 14.4 Å². The molecule has 2 heterocycles. The summed E-state index contributed by atoms with van der Waals surface area (Å²) in [6, 6.07) is 7.34. The number of nitrogens with zero attached hydrogens (tertiary/aromatic N) is 2. The van der Waals surface area contributed by atoms with Crippen molar-refractivity contribution in [1.82, 2.24) is 10.2 Å². The normalized spacial score (nSPS) is 18.5. The summed E-state index contributed by atoms with van der Waals surface area (Å²) in [4.78, 5) is 40.5. The molecule has 6 nitrogen and oxygen atoms in total. The Morgan fingerprint density at radius 1 is 1.07 bits per heavy atom. The van der Waals surface area contributed by atoms with Crippen molar-refractivity contribution in [3.8, 4) is 0 Å². The third-order valence-electron chi connectivity index (χ3n) is 5.45. The molecule has 0 saturated carbocycles. The van der Waals surface area contributed by atoms with Crippen molar-refractivity contribution in [2.45, 2.75) is 45.4 Å². The van der Waals surface area contributed by atoms with Crippen LogP contribution in [0.4, 0.5) is 5.69 Å². The second-order valence-electron chi connectivity index (χ2n) is 7.41. The van der Waals surface area contributed by atoms with E-state index in [-0.39, 0.29) is 23.6 Å². The minimum atomic E-state index is -0.000984. The average molecular weight is 371 g/mol. The second-order valence-corrected chi connectivity index (χ2v) is 7.41. The molecule has 3 rings (SSSR count). The Kier molecular flexibility index (Phi) is 6.48. The van der Waals surface area contributed by atoms with Crippen LogP contribution in [0.5, 0.6) is 0 Å². The van der Waals surface area contributed by atoms with Crippen molar-refractivity contribution in [2.24, 2.45) is 5.92 Å². The first-order valence-corrected chi connectivity index (χ1v) is 10.1. The number of hydrogen-bond donors (Lipinski definition) is 1. The van der Waals surface area contributed by atoms with Crippen LogP contribution in [0.25, 0.3) is 0 Å². The van der Waals surface area contributed by atoms with Crippen LogP contribution >= 0.6 is 0 Å². The number of carbonyl (C=O) groups is 3. The minimum absolute atomic E-state index is 0.000984. The SMILES string of the molecule is CCCNC(=O)C1CCN(C(=O)c2ccc(N3CCCCC3=O)cc2)CC1. The number of anilines is 1. The standard InChI is InChI=1S/C21H29N3O3/c1-2-12-22-20(26)16-10-14-23(15-11-16)21(27)17-6-8-18(9-7-17)24-13-4-3-5-19(24)25/h6-9,16H,2-5,10-15H2,1H3,(H,22,26). The maximum Gasteiger partial charge on any atom is 0.253 e. The molecule has 0 spiro atoms. The second kappa shape index (κ2) is 9.02. The van der Waals surface area contributed by atoms with Crippen molar-refractivity contribution in [3.63, 3.8) is 0 Å². The van der Waals surface area contributed by atoms with Gasteiger partial charge >= 0.3 is 0 Å². The summed E-state index contributed by atoms with van der Waals surface area (Å²) in [5.41, 5.74) is 1.50. The molecule has 6 heteroatoms. The van der Waals surface area contributed by atoms with Crippen molar-refractivity contribution < 1.29 is 14.4 Å². The van der Waals surface area contributed by atoms with Gasteiger partial charge in [0.15, 0.2) is 0 Å². The van der Waals surface area contributed by atoms with Crippen LogP contribution in [0.3, 0.4) is 0 Å². The highest BCUT2D eigenvalue weighted by Gasteiger charge is 2.28. The number of amides is 3. The van der Waals surface area contributed by atoms with Gasteiger partial charge in [0.25, 0.3) is 5.91 Å². The Labute approximate surface area is 160 Å². The molecule has 146 valence electrons. The fourth-order valence-corrected chi connectivity index (χ4v) is 3.78. The molecule has 3 amide bonds. The van der Waals surface area contributed by atoms with E-state index >= 15 is 0 Å². The molecule has 0 atom stereocenters. The zero-order chi connectivity index (χ0) is 19.2. The third-order valence-corrected chi connectivity index (χ3v) is 5.45. The van der Waals surface area contributed by atoms with E-state index in [4.69, 9.17) is 0 Å². The molecule has 0 unspecified atom stereocenters. The number of likely N-dealkylation sites (tertiary alicyclic amines) is 1. The Balaban J connectivity index is 1.55. The van der Waals surface area contributed by atoms with Gasteiger partial charge in [-0.1, -0.05) is 6.92 Å². The summed E-state index contributed by atoms with van der Waals surface area (Å²) in [7, 11) is 0. The van der Waals surface area contributed by atoms with Crippen LogP contribution in [0.1, 0.15) is 55.8 Å². The number of nitrogens with one attached hydrogen (secondary N) is 1. The van der Waals surface area contributed by atoms with Gasteiger partial charge in [-0.3, -0.25) is 14.4 Å². The van der Waals surface area contributed by atoms with Crippen molar-refractivity contribution in [3.05, 3.63) is 29.8 Å². The quantitative estimate of drug-likeness (QED) is 0.865. The zero-order valence-electron chi connectivity index (χ0n) is 16.1. The average Bonchev–Trinajstić information content (AvgIpc) is 2.72. The highest BCUT2D eigenvalue weighted by Crippen LogP contribution is 2.23. The molecule has 0 bridgehead atoms. The van der Waals surface area contributed by atoms with Gasteiger partial charge in [-0.25, -0.2) is 0 Å². The smallest absolute Gasteiger partial charge is 0.253 e. The summed E-state index contributed by atoms with van der Waals surface area (Å²) in [5.74, 6) is 0.273. The number of hydrogen-bond acceptors (Lipinski definition) is 3. The van der Waals surface area contributed by atoms with E-state index in [1.165, 1.54) is 0 Å². The Morgan fingerprint density at radius 2 is 1.78 bits per heavy atom. The lowest BCUT2D eigenvalue weighted by atomic mass is 9.95. The molecule has 27 heavy (non-hydrogen) atoms. The van der Waals surface area contributed by atoms with Crippen LogP contribution in [0, 0.1) is 5.92 Å². The molecule has 2 aliphatic heterocycles. The van der Waals surface area contributed by atoms with Crippen LogP contribution in [-0.4, -0.2) is 48.8 Å². The van der Waals surface area contributed by atoms with Gasteiger partial charge in [0.2, 0.25) is 11.8 Å². The molecule has 0 aliphatic carbocycles. The first-order valence-electron chi connectivity index (χ1n) is 10.1. The van der Waals surface area contributed by atoms with Crippen LogP contribution in [-0.2, 0) is 9.59 Å². The summed E-state index contributed by atoms with van der Waals surface area (Å²) in [6.45, 7) is 4.71. The highest BCUT2D eigenvalue weighted by molar-refractivity contribution is 5.97. The number of rotatable bonds is 5. The predicted octanol–water partition coefficient (Wildman–Crippen LogP) is 2.58. The van der Waals surface area contributed by atoms with Gasteiger partial charge < -0.3 is 15.1 Å². The number of piperidine rings is 2.